The predicted molar refractivity (Wildman–Crippen MR) is 94.2 cm³/mol. The molecular weight excluding hydrogens is 324 g/mol. The van der Waals surface area contributed by atoms with E-state index in [0.717, 1.165) is 11.1 Å². The van der Waals surface area contributed by atoms with Gasteiger partial charge in [0.2, 0.25) is 5.91 Å². The van der Waals surface area contributed by atoms with Gasteiger partial charge in [-0.3, -0.25) is 10.1 Å². The smallest absolute Gasteiger partial charge is 0.301 e. The summed E-state index contributed by atoms with van der Waals surface area (Å²) in [6, 6.07) is 17.3. The van der Waals surface area contributed by atoms with Gasteiger partial charge >= 0.3 is 6.01 Å². The van der Waals surface area contributed by atoms with Gasteiger partial charge in [-0.15, -0.1) is 0 Å². The number of carbonyl (C=O) groups is 1. The Hall–Kier alpha value is -2.59. The van der Waals surface area contributed by atoms with Crippen LogP contribution in [0.3, 0.4) is 0 Å². The van der Waals surface area contributed by atoms with Gasteiger partial charge in [-0.1, -0.05) is 54.1 Å². The minimum absolute atomic E-state index is 0.155. The molecule has 0 saturated heterocycles. The van der Waals surface area contributed by atoms with Crippen molar-refractivity contribution in [3.63, 3.8) is 0 Å². The molecule has 0 spiro atoms. The second-order valence-electron chi connectivity index (χ2n) is 5.56. The lowest BCUT2D eigenvalue weighted by molar-refractivity contribution is -0.117. The molecule has 1 unspecified atom stereocenters. The quantitative estimate of drug-likeness (QED) is 0.734. The average molecular weight is 341 g/mol. The van der Waals surface area contributed by atoms with Crippen LogP contribution in [0.4, 0.5) is 6.01 Å². The first-order valence-electron chi connectivity index (χ1n) is 7.67. The summed E-state index contributed by atoms with van der Waals surface area (Å²) in [4.78, 5) is 16.4. The van der Waals surface area contributed by atoms with Crippen molar-refractivity contribution in [3.05, 3.63) is 82.7 Å². The maximum Gasteiger partial charge on any atom is 0.301 e. The van der Waals surface area contributed by atoms with Crippen LogP contribution in [0.1, 0.15) is 29.7 Å². The monoisotopic (exact) mass is 340 g/mol. The summed E-state index contributed by atoms with van der Waals surface area (Å²) in [6.07, 6.45) is 2.18. The minimum atomic E-state index is -0.283. The number of benzene rings is 2. The zero-order valence-corrected chi connectivity index (χ0v) is 14.0. The molecule has 0 aliphatic rings. The Morgan fingerprint density at radius 3 is 2.75 bits per heavy atom. The molecule has 1 N–H and O–H groups in total. The van der Waals surface area contributed by atoms with Crippen LogP contribution < -0.4 is 5.32 Å². The summed E-state index contributed by atoms with van der Waals surface area (Å²) in [6.45, 7) is 1.85. The van der Waals surface area contributed by atoms with E-state index in [1.54, 1.807) is 6.20 Å². The number of aromatic nitrogens is 1. The highest BCUT2D eigenvalue weighted by molar-refractivity contribution is 6.30. The van der Waals surface area contributed by atoms with Crippen molar-refractivity contribution in [2.24, 2.45) is 0 Å². The SMILES string of the molecule is CC(C(=O)Nc1ncc(Cc2cccc(Cl)c2)o1)c1ccccc1. The van der Waals surface area contributed by atoms with Crippen LogP contribution in [-0.2, 0) is 11.2 Å². The maximum absolute atomic E-state index is 12.3. The number of rotatable bonds is 5. The Morgan fingerprint density at radius 1 is 1.21 bits per heavy atom. The molecule has 122 valence electrons. The maximum atomic E-state index is 12.3. The van der Waals surface area contributed by atoms with E-state index in [4.69, 9.17) is 16.0 Å². The highest BCUT2D eigenvalue weighted by Gasteiger charge is 2.17. The van der Waals surface area contributed by atoms with Crippen LogP contribution in [0.25, 0.3) is 0 Å². The Kier molecular flexibility index (Phi) is 4.96. The number of anilines is 1. The third-order valence-corrected chi connectivity index (χ3v) is 3.98. The van der Waals surface area contributed by atoms with Gasteiger partial charge in [0.05, 0.1) is 12.1 Å². The van der Waals surface area contributed by atoms with E-state index in [9.17, 15) is 4.79 Å². The van der Waals surface area contributed by atoms with Gasteiger partial charge in [-0.05, 0) is 30.2 Å². The highest BCUT2D eigenvalue weighted by atomic mass is 35.5. The van der Waals surface area contributed by atoms with E-state index in [0.29, 0.717) is 17.2 Å². The van der Waals surface area contributed by atoms with Crippen LogP contribution in [0.5, 0.6) is 0 Å². The lowest BCUT2D eigenvalue weighted by atomic mass is 10.0. The predicted octanol–water partition coefficient (Wildman–Crippen LogP) is 4.66. The Bertz CT molecular complexity index is 830. The Morgan fingerprint density at radius 2 is 2.00 bits per heavy atom. The number of nitrogens with zero attached hydrogens (tertiary/aromatic N) is 1. The standard InChI is InChI=1S/C19H17ClN2O2/c1-13(15-7-3-2-4-8-15)18(23)22-19-21-12-17(24-19)11-14-6-5-9-16(20)10-14/h2-10,12-13H,11H2,1H3,(H,21,22,23). The first-order chi connectivity index (χ1) is 11.6. The van der Waals surface area contributed by atoms with Crippen molar-refractivity contribution in [2.45, 2.75) is 19.3 Å². The number of halogens is 1. The van der Waals surface area contributed by atoms with Gasteiger partial charge in [0.1, 0.15) is 5.76 Å². The third kappa shape index (κ3) is 4.03. The van der Waals surface area contributed by atoms with E-state index in [1.165, 1.54) is 0 Å². The molecule has 4 nitrogen and oxygen atoms in total. The van der Waals surface area contributed by atoms with E-state index >= 15 is 0 Å². The number of hydrogen-bond donors (Lipinski definition) is 1. The van der Waals surface area contributed by atoms with E-state index in [-0.39, 0.29) is 17.8 Å². The van der Waals surface area contributed by atoms with Crippen molar-refractivity contribution >= 4 is 23.5 Å². The van der Waals surface area contributed by atoms with Gasteiger partial charge < -0.3 is 4.42 Å². The summed E-state index contributed by atoms with van der Waals surface area (Å²) < 4.78 is 5.60. The molecule has 0 saturated carbocycles. The second kappa shape index (κ2) is 7.32. The molecular formula is C19H17ClN2O2. The normalized spacial score (nSPS) is 11.9. The molecule has 0 fully saturated rings. The summed E-state index contributed by atoms with van der Waals surface area (Å²) in [5.74, 6) is 0.228. The second-order valence-corrected chi connectivity index (χ2v) is 6.00. The number of carbonyl (C=O) groups excluding carboxylic acids is 1. The van der Waals surface area contributed by atoms with Gasteiger partial charge in [0.15, 0.2) is 0 Å². The van der Waals surface area contributed by atoms with Gasteiger partial charge in [-0.25, -0.2) is 4.98 Å². The van der Waals surface area contributed by atoms with Crippen molar-refractivity contribution in [1.82, 2.24) is 4.98 Å². The van der Waals surface area contributed by atoms with Crippen molar-refractivity contribution in [3.8, 4) is 0 Å². The fourth-order valence-corrected chi connectivity index (χ4v) is 2.61. The molecule has 0 radical (unpaired) electrons. The topological polar surface area (TPSA) is 55.1 Å². The third-order valence-electron chi connectivity index (χ3n) is 3.74. The molecule has 2 aromatic carbocycles. The van der Waals surface area contributed by atoms with Gasteiger partial charge in [-0.2, -0.15) is 0 Å². The minimum Gasteiger partial charge on any atom is -0.428 e. The van der Waals surface area contributed by atoms with Crippen LogP contribution in [0, 0.1) is 0 Å². The number of nitrogens with one attached hydrogen (secondary N) is 1. The molecule has 0 aliphatic heterocycles. The summed E-state index contributed by atoms with van der Waals surface area (Å²) >= 11 is 5.97. The molecule has 1 aromatic heterocycles. The summed E-state index contributed by atoms with van der Waals surface area (Å²) in [5.41, 5.74) is 1.97. The summed E-state index contributed by atoms with van der Waals surface area (Å²) in [5, 5.41) is 3.39. The number of hydrogen-bond acceptors (Lipinski definition) is 3. The van der Waals surface area contributed by atoms with E-state index in [2.05, 4.69) is 10.3 Å². The molecule has 3 rings (SSSR count). The largest absolute Gasteiger partial charge is 0.428 e. The van der Waals surface area contributed by atoms with E-state index in [1.807, 2.05) is 61.5 Å². The van der Waals surface area contributed by atoms with Crippen LogP contribution in [0.2, 0.25) is 5.02 Å². The first kappa shape index (κ1) is 16.3. The number of amides is 1. The molecule has 1 atom stereocenters. The van der Waals surface area contributed by atoms with Crippen molar-refractivity contribution in [2.75, 3.05) is 5.32 Å². The molecule has 1 amide bonds. The molecule has 5 heteroatoms. The zero-order valence-electron chi connectivity index (χ0n) is 13.2. The summed E-state index contributed by atoms with van der Waals surface area (Å²) in [7, 11) is 0. The molecule has 1 heterocycles. The first-order valence-corrected chi connectivity index (χ1v) is 8.04. The lowest BCUT2D eigenvalue weighted by Gasteiger charge is -2.10. The van der Waals surface area contributed by atoms with Crippen LogP contribution in [-0.4, -0.2) is 10.9 Å². The van der Waals surface area contributed by atoms with Gasteiger partial charge in [0.25, 0.3) is 0 Å². The number of oxazole rings is 1. The molecule has 3 aromatic rings. The van der Waals surface area contributed by atoms with Crippen LogP contribution >= 0.6 is 11.6 Å². The Labute approximate surface area is 145 Å². The van der Waals surface area contributed by atoms with Crippen LogP contribution in [0.15, 0.2) is 65.2 Å². The average Bonchev–Trinajstić information content (AvgIpc) is 3.02. The molecule has 24 heavy (non-hydrogen) atoms. The molecule has 0 aliphatic carbocycles. The van der Waals surface area contributed by atoms with Gasteiger partial charge in [0, 0.05) is 11.4 Å². The van der Waals surface area contributed by atoms with Crippen molar-refractivity contribution < 1.29 is 9.21 Å². The lowest BCUT2D eigenvalue weighted by Crippen LogP contribution is -2.18. The Balaban J connectivity index is 1.64. The highest BCUT2D eigenvalue weighted by Crippen LogP contribution is 2.19. The van der Waals surface area contributed by atoms with Crippen molar-refractivity contribution in [1.29, 1.82) is 0 Å². The fourth-order valence-electron chi connectivity index (χ4n) is 2.40. The fraction of sp³-hybridized carbons (Fsp3) is 0.158. The van der Waals surface area contributed by atoms with E-state index < -0.39 is 0 Å². The molecule has 0 bridgehead atoms. The zero-order chi connectivity index (χ0) is 16.9.